The molecule has 2 aromatic heterocycles. The number of likely N-dealkylation sites (tertiary alicyclic amines) is 2. The van der Waals surface area contributed by atoms with Crippen LogP contribution in [0.4, 0.5) is 11.6 Å². The number of nitrogens with zero attached hydrogens (tertiary/aromatic N) is 4. The van der Waals surface area contributed by atoms with Crippen molar-refractivity contribution in [2.75, 3.05) is 36.8 Å². The van der Waals surface area contributed by atoms with Gasteiger partial charge < -0.3 is 20.4 Å². The summed E-state index contributed by atoms with van der Waals surface area (Å²) in [6.07, 6.45) is 11.8. The highest BCUT2D eigenvalue weighted by Gasteiger charge is 2.31. The molecule has 1 aliphatic carbocycles. The van der Waals surface area contributed by atoms with Crippen molar-refractivity contribution in [1.82, 2.24) is 19.8 Å². The average Bonchev–Trinajstić information content (AvgIpc) is 2.96. The molecule has 2 amide bonds. The molecule has 3 fully saturated rings. The molecule has 0 spiro atoms. The first kappa shape index (κ1) is 33.7. The number of rotatable bonds is 6. The summed E-state index contributed by atoms with van der Waals surface area (Å²) < 4.78 is 0. The molecule has 5 rings (SSSR count). The number of piperidine rings is 2. The van der Waals surface area contributed by atoms with Gasteiger partial charge in [0.15, 0.2) is 0 Å². The van der Waals surface area contributed by atoms with Crippen LogP contribution in [0, 0.1) is 5.92 Å². The van der Waals surface area contributed by atoms with Crippen LogP contribution in [0.5, 0.6) is 0 Å². The Bertz CT molecular complexity index is 1240. The van der Waals surface area contributed by atoms with Crippen LogP contribution in [-0.4, -0.2) is 69.8 Å². The minimum Gasteiger partial charge on any atom is -0.367 e. The second-order valence-corrected chi connectivity index (χ2v) is 14.9. The van der Waals surface area contributed by atoms with Crippen LogP contribution in [-0.2, 0) is 20.4 Å². The number of hydrogen-bond donors (Lipinski definition) is 2. The SMILES string of the molecule is CC(C)(C)c1ccnc(NC2CCN(C(=O)C3CCC3)CC2)c1.CCC(=O)N1CCC(Nc2cc(C(C)(C)C)ccn2)CC1.[HH].[HH]. The summed E-state index contributed by atoms with van der Waals surface area (Å²) in [6.45, 7) is 18.7. The normalized spacial score (nSPS) is 18.6. The van der Waals surface area contributed by atoms with E-state index in [1.165, 1.54) is 17.5 Å². The third kappa shape index (κ3) is 9.42. The van der Waals surface area contributed by atoms with E-state index in [0.29, 0.717) is 30.3 Å². The van der Waals surface area contributed by atoms with Crippen molar-refractivity contribution in [1.29, 1.82) is 0 Å². The van der Waals surface area contributed by atoms with Gasteiger partial charge in [0.05, 0.1) is 0 Å². The van der Waals surface area contributed by atoms with E-state index < -0.39 is 0 Å². The lowest BCUT2D eigenvalue weighted by atomic mass is 9.84. The number of carbonyl (C=O) groups excluding carboxylic acids is 2. The smallest absolute Gasteiger partial charge is 0.225 e. The highest BCUT2D eigenvalue weighted by Crippen LogP contribution is 2.30. The Morgan fingerprint density at radius 1 is 0.750 bits per heavy atom. The maximum atomic E-state index is 12.3. The molecule has 0 aromatic carbocycles. The van der Waals surface area contributed by atoms with E-state index in [-0.39, 0.29) is 19.6 Å². The van der Waals surface area contributed by atoms with Gasteiger partial charge in [-0.25, -0.2) is 9.97 Å². The Morgan fingerprint density at radius 2 is 1.18 bits per heavy atom. The van der Waals surface area contributed by atoms with Crippen molar-refractivity contribution in [3.8, 4) is 0 Å². The van der Waals surface area contributed by atoms with Crippen LogP contribution in [0.15, 0.2) is 36.7 Å². The summed E-state index contributed by atoms with van der Waals surface area (Å²) in [7, 11) is 0. The van der Waals surface area contributed by atoms with Gasteiger partial charge in [-0.3, -0.25) is 9.59 Å². The number of amides is 2. The van der Waals surface area contributed by atoms with E-state index in [9.17, 15) is 9.59 Å². The monoisotopic (exact) mass is 608 g/mol. The molecule has 246 valence electrons. The van der Waals surface area contributed by atoms with Crippen LogP contribution < -0.4 is 10.6 Å². The van der Waals surface area contributed by atoms with Crippen LogP contribution in [0.1, 0.15) is 114 Å². The minimum atomic E-state index is 0. The molecule has 3 aliphatic rings. The third-order valence-electron chi connectivity index (χ3n) is 9.37. The molecule has 2 aromatic rings. The molecule has 1 saturated carbocycles. The van der Waals surface area contributed by atoms with Crippen LogP contribution in [0.3, 0.4) is 0 Å². The first-order valence-electron chi connectivity index (χ1n) is 16.9. The van der Waals surface area contributed by atoms with Gasteiger partial charge in [-0.15, -0.1) is 0 Å². The van der Waals surface area contributed by atoms with Crippen LogP contribution in [0.2, 0.25) is 0 Å². The number of hydrogen-bond acceptors (Lipinski definition) is 6. The van der Waals surface area contributed by atoms with Gasteiger partial charge in [-0.1, -0.05) is 54.9 Å². The zero-order chi connectivity index (χ0) is 31.9. The Hall–Kier alpha value is -3.16. The topological polar surface area (TPSA) is 90.5 Å². The molecule has 2 aliphatic heterocycles. The van der Waals surface area contributed by atoms with Crippen molar-refractivity contribution in [3.05, 3.63) is 47.8 Å². The van der Waals surface area contributed by atoms with Crippen molar-refractivity contribution in [2.45, 2.75) is 123 Å². The molecule has 4 heterocycles. The number of aromatic nitrogens is 2. The fraction of sp³-hybridized carbons (Fsp3) is 0.667. The third-order valence-corrected chi connectivity index (χ3v) is 9.37. The Labute approximate surface area is 268 Å². The summed E-state index contributed by atoms with van der Waals surface area (Å²) in [5.41, 5.74) is 2.86. The van der Waals surface area contributed by atoms with Gasteiger partial charge in [-0.2, -0.15) is 0 Å². The van der Waals surface area contributed by atoms with E-state index in [1.54, 1.807) is 0 Å². The zero-order valence-corrected chi connectivity index (χ0v) is 28.3. The number of anilines is 2. The van der Waals surface area contributed by atoms with Crippen molar-refractivity contribution < 1.29 is 12.4 Å². The molecular weight excluding hydrogens is 548 g/mol. The van der Waals surface area contributed by atoms with Gasteiger partial charge in [0.1, 0.15) is 11.6 Å². The predicted molar refractivity (Wildman–Crippen MR) is 184 cm³/mol. The Morgan fingerprint density at radius 3 is 1.55 bits per heavy atom. The summed E-state index contributed by atoms with van der Waals surface area (Å²) in [4.78, 5) is 36.9. The molecule has 44 heavy (non-hydrogen) atoms. The summed E-state index contributed by atoms with van der Waals surface area (Å²) in [5, 5.41) is 7.08. The van der Waals surface area contributed by atoms with Gasteiger partial charge >= 0.3 is 0 Å². The van der Waals surface area contributed by atoms with E-state index in [4.69, 9.17) is 0 Å². The van der Waals surface area contributed by atoms with Crippen LogP contribution >= 0.6 is 0 Å². The quantitative estimate of drug-likeness (QED) is 0.359. The lowest BCUT2D eigenvalue weighted by Crippen LogP contribution is -2.46. The van der Waals surface area contributed by atoms with E-state index in [2.05, 4.69) is 91.3 Å². The lowest BCUT2D eigenvalue weighted by Gasteiger charge is -2.37. The van der Waals surface area contributed by atoms with E-state index in [0.717, 1.165) is 76.3 Å². The van der Waals surface area contributed by atoms with Gasteiger partial charge in [-0.05, 0) is 84.7 Å². The number of pyridine rings is 2. The first-order valence-corrected chi connectivity index (χ1v) is 16.9. The highest BCUT2D eigenvalue weighted by molar-refractivity contribution is 5.79. The maximum Gasteiger partial charge on any atom is 0.225 e. The summed E-state index contributed by atoms with van der Waals surface area (Å²) >= 11 is 0. The molecule has 8 heteroatoms. The standard InChI is InChI=1S/C19H29N3O.C17H27N3O.2H2/c1-19(2,3)15-7-10-20-17(13-15)21-16-8-11-22(12-9-16)18(23)14-5-4-6-14;1-5-16(21)20-10-7-14(8-11-20)19-15-12-13(6-9-18-15)17(2,3)4;;/h7,10,13-14,16H,4-6,8-9,11-12H2,1-3H3,(H,20,21);6,9,12,14H,5,7-8,10-11H2,1-4H3,(H,18,19);2*1H. The van der Waals surface area contributed by atoms with Gasteiger partial charge in [0.2, 0.25) is 11.8 Å². The Balaban J connectivity index is 0.000000308. The largest absolute Gasteiger partial charge is 0.367 e. The van der Waals surface area contributed by atoms with Crippen molar-refractivity contribution >= 4 is 23.5 Å². The minimum absolute atomic E-state index is 0. The summed E-state index contributed by atoms with van der Waals surface area (Å²) in [5.74, 6) is 2.89. The average molecular weight is 609 g/mol. The van der Waals surface area contributed by atoms with Crippen molar-refractivity contribution in [3.63, 3.8) is 0 Å². The fourth-order valence-corrected chi connectivity index (χ4v) is 6.02. The maximum absolute atomic E-state index is 12.3. The first-order chi connectivity index (χ1) is 20.8. The van der Waals surface area contributed by atoms with Crippen molar-refractivity contribution in [2.24, 2.45) is 5.92 Å². The zero-order valence-electron chi connectivity index (χ0n) is 28.3. The highest BCUT2D eigenvalue weighted by atomic mass is 16.2. The molecule has 0 atom stereocenters. The van der Waals surface area contributed by atoms with Gasteiger partial charge in [0.25, 0.3) is 0 Å². The second-order valence-electron chi connectivity index (χ2n) is 14.9. The molecule has 8 nitrogen and oxygen atoms in total. The molecule has 0 unspecified atom stereocenters. The lowest BCUT2D eigenvalue weighted by molar-refractivity contribution is -0.139. The molecular formula is C36H60N6O2. The van der Waals surface area contributed by atoms with E-state index >= 15 is 0 Å². The predicted octanol–water partition coefficient (Wildman–Crippen LogP) is 7.27. The van der Waals surface area contributed by atoms with Crippen LogP contribution in [0.25, 0.3) is 0 Å². The number of nitrogens with one attached hydrogen (secondary N) is 2. The summed E-state index contributed by atoms with van der Waals surface area (Å²) in [6, 6.07) is 9.30. The van der Waals surface area contributed by atoms with Gasteiger partial charge in [0, 0.05) is 65.8 Å². The second kappa shape index (κ2) is 14.7. The van der Waals surface area contributed by atoms with E-state index in [1.807, 2.05) is 24.2 Å². The Kier molecular flexibility index (Phi) is 11.3. The molecule has 2 N–H and O–H groups in total. The number of carbonyl (C=O) groups is 2. The molecule has 2 saturated heterocycles. The molecule has 0 radical (unpaired) electrons. The fourth-order valence-electron chi connectivity index (χ4n) is 6.02. The molecule has 0 bridgehead atoms.